The maximum Gasteiger partial charge on any atom is 0.407 e. The van der Waals surface area contributed by atoms with E-state index in [2.05, 4.69) is 25.8 Å². The van der Waals surface area contributed by atoms with E-state index in [0.29, 0.717) is 12.3 Å². The van der Waals surface area contributed by atoms with Gasteiger partial charge in [-0.2, -0.15) is 0 Å². The second-order valence-corrected chi connectivity index (χ2v) is 7.70. The summed E-state index contributed by atoms with van der Waals surface area (Å²) in [5.74, 6) is -0.328. The molecule has 2 aliphatic rings. The van der Waals surface area contributed by atoms with Crippen LogP contribution in [0.2, 0.25) is 0 Å². The second-order valence-electron chi connectivity index (χ2n) is 7.70. The van der Waals surface area contributed by atoms with Crippen LogP contribution in [-0.4, -0.2) is 69.2 Å². The van der Waals surface area contributed by atoms with E-state index in [9.17, 15) is 14.4 Å². The molecule has 2 heterocycles. The number of hydrogen-bond acceptors (Lipinski definition) is 8. The van der Waals surface area contributed by atoms with Crippen molar-refractivity contribution in [2.75, 3.05) is 33.4 Å². The van der Waals surface area contributed by atoms with Crippen molar-refractivity contribution in [2.24, 2.45) is 11.1 Å². The summed E-state index contributed by atoms with van der Waals surface area (Å²) in [5, 5.41) is 12.6. The molecule has 3 N–H and O–H groups in total. The number of rotatable bonds is 11. The Kier molecular flexibility index (Phi) is 10.4. The SMILES string of the molecule is CCCCOC(=O)N[C@@H](CNC(=O)CC1CC(CC2CCNCC2)=NO1)C(=O)OC. The Labute approximate surface area is 177 Å². The fourth-order valence-corrected chi connectivity index (χ4v) is 3.46. The monoisotopic (exact) mass is 426 g/mol. The third kappa shape index (κ3) is 8.56. The van der Waals surface area contributed by atoms with E-state index in [0.717, 1.165) is 50.9 Å². The van der Waals surface area contributed by atoms with Crippen molar-refractivity contribution in [3.05, 3.63) is 0 Å². The molecule has 0 radical (unpaired) electrons. The molecule has 0 bridgehead atoms. The summed E-state index contributed by atoms with van der Waals surface area (Å²) in [6.45, 7) is 4.22. The molecular formula is C20H34N4O6. The molecule has 1 saturated heterocycles. The average Bonchev–Trinajstić information content (AvgIpc) is 3.18. The van der Waals surface area contributed by atoms with Crippen molar-refractivity contribution >= 4 is 23.7 Å². The van der Waals surface area contributed by atoms with Gasteiger partial charge in [-0.05, 0) is 44.7 Å². The van der Waals surface area contributed by atoms with Crippen molar-refractivity contribution in [1.29, 1.82) is 0 Å². The largest absolute Gasteiger partial charge is 0.467 e. The fraction of sp³-hybridized carbons (Fsp3) is 0.800. The first-order chi connectivity index (χ1) is 14.5. The molecule has 0 aromatic rings. The molecule has 0 spiro atoms. The van der Waals surface area contributed by atoms with Crippen LogP contribution in [0.5, 0.6) is 0 Å². The standard InChI is InChI=1S/C20H34N4O6/c1-3-4-9-29-20(27)23-17(19(26)28-2)13-22-18(25)12-16-11-15(24-30-16)10-14-5-7-21-8-6-14/h14,16-17,21H,3-13H2,1-2H3,(H,22,25)(H,23,27)/t16?,17-/m0/s1. The number of amides is 2. The van der Waals surface area contributed by atoms with Gasteiger partial charge in [0.1, 0.15) is 12.1 Å². The van der Waals surface area contributed by atoms with E-state index in [-0.39, 0.29) is 31.6 Å². The highest BCUT2D eigenvalue weighted by Crippen LogP contribution is 2.23. The van der Waals surface area contributed by atoms with Gasteiger partial charge in [-0.3, -0.25) is 4.79 Å². The van der Waals surface area contributed by atoms with Gasteiger partial charge in [0.05, 0.1) is 25.8 Å². The van der Waals surface area contributed by atoms with Crippen molar-refractivity contribution < 1.29 is 28.7 Å². The normalized spacial score (nSPS) is 19.9. The van der Waals surface area contributed by atoms with Crippen LogP contribution in [-0.2, 0) is 23.9 Å². The molecule has 0 aromatic carbocycles. The van der Waals surface area contributed by atoms with Gasteiger partial charge < -0.3 is 30.3 Å². The van der Waals surface area contributed by atoms with Crippen LogP contribution in [0.15, 0.2) is 5.16 Å². The number of piperidine rings is 1. The van der Waals surface area contributed by atoms with Crippen LogP contribution in [0, 0.1) is 5.92 Å². The zero-order valence-corrected chi connectivity index (χ0v) is 17.9. The number of carbonyl (C=O) groups is 3. The first-order valence-electron chi connectivity index (χ1n) is 10.7. The minimum Gasteiger partial charge on any atom is -0.467 e. The Morgan fingerprint density at radius 1 is 1.30 bits per heavy atom. The molecular weight excluding hydrogens is 392 g/mol. The highest BCUT2D eigenvalue weighted by atomic mass is 16.6. The number of ether oxygens (including phenoxy) is 2. The lowest BCUT2D eigenvalue weighted by molar-refractivity contribution is -0.143. The highest BCUT2D eigenvalue weighted by molar-refractivity contribution is 5.87. The average molecular weight is 427 g/mol. The third-order valence-electron chi connectivity index (χ3n) is 5.20. The predicted molar refractivity (Wildman–Crippen MR) is 110 cm³/mol. The minimum absolute atomic E-state index is 0.0934. The lowest BCUT2D eigenvalue weighted by atomic mass is 9.91. The van der Waals surface area contributed by atoms with E-state index < -0.39 is 18.1 Å². The first kappa shape index (κ1) is 23.9. The summed E-state index contributed by atoms with van der Waals surface area (Å²) in [4.78, 5) is 41.3. The summed E-state index contributed by atoms with van der Waals surface area (Å²) in [6, 6.07) is -1.02. The minimum atomic E-state index is -1.02. The quantitative estimate of drug-likeness (QED) is 0.333. The van der Waals surface area contributed by atoms with E-state index >= 15 is 0 Å². The molecule has 2 aliphatic heterocycles. The molecule has 1 unspecified atom stereocenters. The van der Waals surface area contributed by atoms with Gasteiger partial charge in [-0.15, -0.1) is 0 Å². The zero-order chi connectivity index (χ0) is 21.8. The van der Waals surface area contributed by atoms with Crippen LogP contribution in [0.25, 0.3) is 0 Å². The van der Waals surface area contributed by atoms with E-state index in [1.54, 1.807) is 0 Å². The topological polar surface area (TPSA) is 127 Å². The maximum atomic E-state index is 12.3. The van der Waals surface area contributed by atoms with Crippen molar-refractivity contribution in [2.45, 2.75) is 64.0 Å². The molecule has 2 rings (SSSR count). The molecule has 0 aromatic heterocycles. The number of esters is 1. The fourth-order valence-electron chi connectivity index (χ4n) is 3.46. The summed E-state index contributed by atoms with van der Waals surface area (Å²) < 4.78 is 9.67. The van der Waals surface area contributed by atoms with Crippen molar-refractivity contribution in [1.82, 2.24) is 16.0 Å². The molecule has 10 nitrogen and oxygen atoms in total. The van der Waals surface area contributed by atoms with Crippen molar-refractivity contribution in [3.63, 3.8) is 0 Å². The Hall–Kier alpha value is -2.36. The zero-order valence-electron chi connectivity index (χ0n) is 17.9. The summed E-state index contributed by atoms with van der Waals surface area (Å²) in [7, 11) is 1.22. The number of alkyl carbamates (subject to hydrolysis) is 1. The van der Waals surface area contributed by atoms with E-state index in [1.165, 1.54) is 7.11 Å². The molecule has 170 valence electrons. The van der Waals surface area contributed by atoms with Crippen LogP contribution < -0.4 is 16.0 Å². The highest BCUT2D eigenvalue weighted by Gasteiger charge is 2.28. The summed E-state index contributed by atoms with van der Waals surface area (Å²) in [5.41, 5.74) is 1.00. The van der Waals surface area contributed by atoms with Gasteiger partial charge in [0, 0.05) is 13.0 Å². The van der Waals surface area contributed by atoms with Crippen LogP contribution in [0.3, 0.4) is 0 Å². The molecule has 0 saturated carbocycles. The van der Waals surface area contributed by atoms with E-state index in [4.69, 9.17) is 9.57 Å². The van der Waals surface area contributed by atoms with Gasteiger partial charge in [-0.1, -0.05) is 18.5 Å². The number of methoxy groups -OCH3 is 1. The Balaban J connectivity index is 1.69. The molecule has 10 heteroatoms. The smallest absolute Gasteiger partial charge is 0.407 e. The van der Waals surface area contributed by atoms with Gasteiger partial charge >= 0.3 is 12.1 Å². The molecule has 1 fully saturated rings. The Morgan fingerprint density at radius 3 is 2.77 bits per heavy atom. The summed E-state index contributed by atoms with van der Waals surface area (Å²) >= 11 is 0. The van der Waals surface area contributed by atoms with Gasteiger partial charge in [-0.25, -0.2) is 9.59 Å². The number of nitrogens with one attached hydrogen (secondary N) is 3. The second kappa shape index (κ2) is 13.0. The number of hydrogen-bond donors (Lipinski definition) is 3. The van der Waals surface area contributed by atoms with Crippen LogP contribution in [0.1, 0.15) is 51.9 Å². The number of nitrogens with zero attached hydrogens (tertiary/aromatic N) is 1. The predicted octanol–water partition coefficient (Wildman–Crippen LogP) is 1.10. The summed E-state index contributed by atoms with van der Waals surface area (Å²) in [6.07, 6.45) is 4.54. The molecule has 2 atom stereocenters. The maximum absolute atomic E-state index is 12.3. The van der Waals surface area contributed by atoms with Crippen molar-refractivity contribution in [3.8, 4) is 0 Å². The van der Waals surface area contributed by atoms with Gasteiger partial charge in [0.15, 0.2) is 0 Å². The first-order valence-corrected chi connectivity index (χ1v) is 10.7. The van der Waals surface area contributed by atoms with E-state index in [1.807, 2.05) is 6.92 Å². The number of unbranched alkanes of at least 4 members (excludes halogenated alkanes) is 1. The van der Waals surface area contributed by atoms with Gasteiger partial charge in [0.25, 0.3) is 0 Å². The Morgan fingerprint density at radius 2 is 2.07 bits per heavy atom. The molecule has 0 aliphatic carbocycles. The number of carbonyl (C=O) groups excluding carboxylic acids is 3. The lowest BCUT2D eigenvalue weighted by Gasteiger charge is -2.21. The Bertz CT molecular complexity index is 606. The van der Waals surface area contributed by atoms with Crippen LogP contribution in [0.4, 0.5) is 4.79 Å². The van der Waals surface area contributed by atoms with Gasteiger partial charge in [0.2, 0.25) is 5.91 Å². The van der Waals surface area contributed by atoms with Crippen LogP contribution >= 0.6 is 0 Å². The lowest BCUT2D eigenvalue weighted by Crippen LogP contribution is -2.49. The third-order valence-corrected chi connectivity index (χ3v) is 5.20. The molecule has 30 heavy (non-hydrogen) atoms. The number of oxime groups is 1. The molecule has 2 amide bonds.